The molecule has 5 heteroatoms. The highest BCUT2D eigenvalue weighted by Crippen LogP contribution is 2.41. The maximum absolute atomic E-state index is 14.5. The van der Waals surface area contributed by atoms with Crippen molar-refractivity contribution in [2.24, 2.45) is 11.7 Å². The van der Waals surface area contributed by atoms with Gasteiger partial charge in [-0.3, -0.25) is 9.69 Å². The molecule has 2 atom stereocenters. The quantitative estimate of drug-likeness (QED) is 0.664. The third-order valence-corrected chi connectivity index (χ3v) is 6.53. The molecule has 30 heavy (non-hydrogen) atoms. The molecule has 1 fully saturated rings. The van der Waals surface area contributed by atoms with Crippen LogP contribution in [-0.2, 0) is 4.79 Å². The molecule has 1 aliphatic heterocycles. The largest absolute Gasteiger partial charge is 0.307 e. The smallest absolute Gasteiger partial charge is 0.154 e. The van der Waals surface area contributed by atoms with Crippen LogP contribution < -0.4 is 5.73 Å². The molecule has 1 saturated carbocycles. The van der Waals surface area contributed by atoms with Crippen molar-refractivity contribution in [1.82, 2.24) is 4.90 Å². The fourth-order valence-corrected chi connectivity index (χ4v) is 4.95. The third kappa shape index (κ3) is 4.23. The molecular formula is C25H28F2N2O. The normalized spacial score (nSPS) is 22.5. The second-order valence-electron chi connectivity index (χ2n) is 8.62. The van der Waals surface area contributed by atoms with Gasteiger partial charge in [-0.2, -0.15) is 0 Å². The Hall–Kier alpha value is -2.37. The van der Waals surface area contributed by atoms with E-state index in [0.717, 1.165) is 36.8 Å². The highest BCUT2D eigenvalue weighted by Gasteiger charge is 2.42. The number of hydrogen-bond donors (Lipinski definition) is 1. The summed E-state index contributed by atoms with van der Waals surface area (Å²) in [5, 5.41) is 0. The molecular weight excluding hydrogens is 382 g/mol. The predicted molar refractivity (Wildman–Crippen MR) is 114 cm³/mol. The van der Waals surface area contributed by atoms with E-state index in [1.807, 2.05) is 41.3 Å². The molecule has 1 heterocycles. The number of carbonyl (C=O) groups is 1. The van der Waals surface area contributed by atoms with Crippen LogP contribution in [0.1, 0.15) is 55.7 Å². The first-order valence-corrected chi connectivity index (χ1v) is 10.7. The number of benzene rings is 2. The van der Waals surface area contributed by atoms with Gasteiger partial charge in [0.15, 0.2) is 6.29 Å². The Bertz CT molecular complexity index is 924. The SMILES string of the molecule is N[C@@](C=O)(CC1CCCCC1)N1CC(c2cc(F)ccc2F)=CC1c1ccccc1. The summed E-state index contributed by atoms with van der Waals surface area (Å²) in [5.74, 6) is -0.559. The van der Waals surface area contributed by atoms with Crippen LogP contribution >= 0.6 is 0 Å². The van der Waals surface area contributed by atoms with Gasteiger partial charge in [-0.05, 0) is 41.7 Å². The van der Waals surface area contributed by atoms with E-state index in [2.05, 4.69) is 0 Å². The average Bonchev–Trinajstić information content (AvgIpc) is 3.23. The van der Waals surface area contributed by atoms with Gasteiger partial charge in [0.05, 0.1) is 6.04 Å². The van der Waals surface area contributed by atoms with Crippen molar-refractivity contribution >= 4 is 11.9 Å². The lowest BCUT2D eigenvalue weighted by Gasteiger charge is -2.41. The maximum atomic E-state index is 14.5. The van der Waals surface area contributed by atoms with Gasteiger partial charge in [0, 0.05) is 12.1 Å². The number of carbonyl (C=O) groups excluding carboxylic acids is 1. The second-order valence-corrected chi connectivity index (χ2v) is 8.62. The minimum Gasteiger partial charge on any atom is -0.307 e. The van der Waals surface area contributed by atoms with Crippen LogP contribution in [0, 0.1) is 17.6 Å². The van der Waals surface area contributed by atoms with Gasteiger partial charge in [0.1, 0.15) is 17.3 Å². The first-order chi connectivity index (χ1) is 14.5. The van der Waals surface area contributed by atoms with Gasteiger partial charge in [0.25, 0.3) is 0 Å². The summed E-state index contributed by atoms with van der Waals surface area (Å²) in [5.41, 5.74) is 7.42. The summed E-state index contributed by atoms with van der Waals surface area (Å²) >= 11 is 0. The molecule has 0 amide bonds. The summed E-state index contributed by atoms with van der Waals surface area (Å²) in [6.07, 6.45) is 9.06. The summed E-state index contributed by atoms with van der Waals surface area (Å²) in [4.78, 5) is 14.3. The number of nitrogens with two attached hydrogens (primary N) is 1. The zero-order valence-corrected chi connectivity index (χ0v) is 17.1. The molecule has 2 aromatic rings. The number of rotatable bonds is 6. The standard InChI is InChI=1S/C25H28F2N2O/c26-21-11-12-23(27)22(14-21)20-13-24(19-9-5-2-6-10-19)29(16-20)25(28,17-30)15-18-7-3-1-4-8-18/h2,5-6,9-14,17-18,24H,1,3-4,7-8,15-16,28H2/t24?,25-/m0/s1. The van der Waals surface area contributed by atoms with Crippen molar-refractivity contribution in [3.63, 3.8) is 0 Å². The predicted octanol–water partition coefficient (Wildman–Crippen LogP) is 5.23. The van der Waals surface area contributed by atoms with Crippen LogP contribution in [0.3, 0.4) is 0 Å². The maximum Gasteiger partial charge on any atom is 0.154 e. The molecule has 2 N–H and O–H groups in total. The highest BCUT2D eigenvalue weighted by molar-refractivity contribution is 5.73. The Labute approximate surface area is 176 Å². The number of aldehydes is 1. The van der Waals surface area contributed by atoms with Crippen molar-refractivity contribution in [3.8, 4) is 0 Å². The topological polar surface area (TPSA) is 46.3 Å². The van der Waals surface area contributed by atoms with Crippen LogP contribution in [0.25, 0.3) is 5.57 Å². The van der Waals surface area contributed by atoms with Gasteiger partial charge in [-0.15, -0.1) is 0 Å². The van der Waals surface area contributed by atoms with Crippen molar-refractivity contribution in [1.29, 1.82) is 0 Å². The van der Waals surface area contributed by atoms with E-state index in [1.54, 1.807) is 0 Å². The molecule has 0 spiro atoms. The number of nitrogens with zero attached hydrogens (tertiary/aromatic N) is 1. The summed E-state index contributed by atoms with van der Waals surface area (Å²) in [7, 11) is 0. The molecule has 1 aliphatic carbocycles. The van der Waals surface area contributed by atoms with E-state index in [0.29, 0.717) is 24.5 Å². The first kappa shape index (κ1) is 20.9. The summed E-state index contributed by atoms with van der Waals surface area (Å²) in [6.45, 7) is 0.294. The lowest BCUT2D eigenvalue weighted by Crippen LogP contribution is -2.58. The van der Waals surface area contributed by atoms with E-state index in [1.165, 1.54) is 25.3 Å². The van der Waals surface area contributed by atoms with Gasteiger partial charge in [-0.25, -0.2) is 8.78 Å². The number of hydrogen-bond acceptors (Lipinski definition) is 3. The van der Waals surface area contributed by atoms with Crippen molar-refractivity contribution < 1.29 is 13.6 Å². The van der Waals surface area contributed by atoms with Crippen LogP contribution in [0.4, 0.5) is 8.78 Å². The molecule has 2 aliphatic rings. The molecule has 0 radical (unpaired) electrons. The Morgan fingerprint density at radius 2 is 1.80 bits per heavy atom. The fourth-order valence-electron chi connectivity index (χ4n) is 4.95. The van der Waals surface area contributed by atoms with Gasteiger partial charge >= 0.3 is 0 Å². The Balaban J connectivity index is 1.70. The summed E-state index contributed by atoms with van der Waals surface area (Å²) in [6, 6.07) is 12.9. The molecule has 1 unspecified atom stereocenters. The monoisotopic (exact) mass is 410 g/mol. The van der Waals surface area contributed by atoms with E-state index in [4.69, 9.17) is 5.73 Å². The van der Waals surface area contributed by atoms with Crippen LogP contribution in [0.15, 0.2) is 54.6 Å². The van der Waals surface area contributed by atoms with Crippen molar-refractivity contribution in [2.75, 3.05) is 6.54 Å². The molecule has 158 valence electrons. The van der Waals surface area contributed by atoms with Crippen LogP contribution in [-0.4, -0.2) is 23.4 Å². The lowest BCUT2D eigenvalue weighted by molar-refractivity contribution is -0.120. The molecule has 2 aromatic carbocycles. The van der Waals surface area contributed by atoms with Crippen LogP contribution in [0.2, 0.25) is 0 Å². The number of halogens is 2. The van der Waals surface area contributed by atoms with E-state index in [-0.39, 0.29) is 11.6 Å². The Kier molecular flexibility index (Phi) is 6.11. The minimum atomic E-state index is -1.16. The molecule has 3 nitrogen and oxygen atoms in total. The molecule has 4 rings (SSSR count). The minimum absolute atomic E-state index is 0.226. The van der Waals surface area contributed by atoms with Gasteiger partial charge < -0.3 is 5.73 Å². The Morgan fingerprint density at radius 1 is 1.07 bits per heavy atom. The fraction of sp³-hybridized carbons (Fsp3) is 0.400. The highest BCUT2D eigenvalue weighted by atomic mass is 19.1. The van der Waals surface area contributed by atoms with Crippen molar-refractivity contribution in [2.45, 2.75) is 50.2 Å². The van der Waals surface area contributed by atoms with Gasteiger partial charge in [-0.1, -0.05) is 68.5 Å². The average molecular weight is 411 g/mol. The molecule has 0 bridgehead atoms. The zero-order valence-electron chi connectivity index (χ0n) is 17.1. The first-order valence-electron chi connectivity index (χ1n) is 10.7. The Morgan fingerprint density at radius 3 is 2.50 bits per heavy atom. The lowest BCUT2D eigenvalue weighted by atomic mass is 9.82. The summed E-state index contributed by atoms with van der Waals surface area (Å²) < 4.78 is 28.3. The van der Waals surface area contributed by atoms with E-state index >= 15 is 0 Å². The second kappa shape index (κ2) is 8.78. The molecule has 0 aromatic heterocycles. The van der Waals surface area contributed by atoms with Crippen molar-refractivity contribution in [3.05, 3.63) is 77.4 Å². The third-order valence-electron chi connectivity index (χ3n) is 6.53. The zero-order chi connectivity index (χ0) is 21.1. The van der Waals surface area contributed by atoms with E-state index in [9.17, 15) is 13.6 Å². The van der Waals surface area contributed by atoms with Gasteiger partial charge in [0.2, 0.25) is 0 Å². The molecule has 0 saturated heterocycles. The van der Waals surface area contributed by atoms with E-state index < -0.39 is 17.3 Å². The van der Waals surface area contributed by atoms with Crippen LogP contribution in [0.5, 0.6) is 0 Å².